The molecule has 1 aromatic carbocycles. The van der Waals surface area contributed by atoms with Gasteiger partial charge in [0.25, 0.3) is 5.91 Å². The molecule has 1 aliphatic rings. The summed E-state index contributed by atoms with van der Waals surface area (Å²) in [6.07, 6.45) is -0.893. The molecule has 1 saturated heterocycles. The summed E-state index contributed by atoms with van der Waals surface area (Å²) < 4.78 is 5.09. The van der Waals surface area contributed by atoms with Gasteiger partial charge in [0.1, 0.15) is 11.9 Å². The highest BCUT2D eigenvalue weighted by atomic mass is 16.5. The number of carbonyl (C=O) groups is 1. The third-order valence-corrected chi connectivity index (χ3v) is 3.42. The number of hydrogen-bond acceptors (Lipinski definition) is 3. The van der Waals surface area contributed by atoms with E-state index in [0.717, 1.165) is 11.3 Å². The van der Waals surface area contributed by atoms with Crippen molar-refractivity contribution in [2.24, 2.45) is 5.41 Å². The van der Waals surface area contributed by atoms with E-state index in [1.54, 1.807) is 12.0 Å². The second kappa shape index (κ2) is 4.61. The fourth-order valence-electron chi connectivity index (χ4n) is 2.25. The molecule has 1 amide bonds. The summed E-state index contributed by atoms with van der Waals surface area (Å²) in [7, 11) is 1.62. The average Bonchev–Trinajstić information content (AvgIpc) is 2.54. The Morgan fingerprint density at radius 1 is 1.39 bits per heavy atom. The summed E-state index contributed by atoms with van der Waals surface area (Å²) in [6, 6.07) is 7.61. The molecule has 0 bridgehead atoms. The van der Waals surface area contributed by atoms with Gasteiger partial charge in [-0.2, -0.15) is 0 Å². The Kier molecular flexibility index (Phi) is 3.30. The number of ether oxygens (including phenoxy) is 1. The van der Waals surface area contributed by atoms with E-state index < -0.39 is 6.10 Å². The van der Waals surface area contributed by atoms with E-state index in [-0.39, 0.29) is 11.3 Å². The van der Waals surface area contributed by atoms with Crippen LogP contribution >= 0.6 is 0 Å². The maximum atomic E-state index is 11.9. The molecule has 0 aliphatic carbocycles. The largest absolute Gasteiger partial charge is 0.497 e. The van der Waals surface area contributed by atoms with Crippen LogP contribution in [0.3, 0.4) is 0 Å². The summed E-state index contributed by atoms with van der Waals surface area (Å²) in [4.78, 5) is 13.6. The van der Waals surface area contributed by atoms with Gasteiger partial charge in [0.2, 0.25) is 0 Å². The lowest BCUT2D eigenvalue weighted by molar-refractivity contribution is -0.136. The molecule has 0 unspecified atom stereocenters. The lowest BCUT2D eigenvalue weighted by Gasteiger charge is -2.20. The zero-order chi connectivity index (χ0) is 13.3. The van der Waals surface area contributed by atoms with Gasteiger partial charge in [0.15, 0.2) is 0 Å². The van der Waals surface area contributed by atoms with Crippen LogP contribution in [0, 0.1) is 5.41 Å². The van der Waals surface area contributed by atoms with Crippen LogP contribution in [0.25, 0.3) is 0 Å². The van der Waals surface area contributed by atoms with E-state index in [4.69, 9.17) is 4.74 Å². The molecule has 2 rings (SSSR count). The van der Waals surface area contributed by atoms with Crippen LogP contribution in [0.15, 0.2) is 24.3 Å². The lowest BCUT2D eigenvalue weighted by atomic mass is 9.90. The van der Waals surface area contributed by atoms with Crippen LogP contribution < -0.4 is 4.74 Å². The number of aliphatic hydroxyl groups excluding tert-OH is 1. The third-order valence-electron chi connectivity index (χ3n) is 3.42. The van der Waals surface area contributed by atoms with Gasteiger partial charge < -0.3 is 14.7 Å². The molecule has 0 saturated carbocycles. The molecule has 1 heterocycles. The second-order valence-corrected chi connectivity index (χ2v) is 5.43. The molecular weight excluding hydrogens is 230 g/mol. The molecule has 0 radical (unpaired) electrons. The SMILES string of the molecule is COc1ccc(CN2CC(C)(C)[C@@H](O)C2=O)cc1. The predicted molar refractivity (Wildman–Crippen MR) is 68.2 cm³/mol. The molecule has 1 N–H and O–H groups in total. The molecule has 0 aromatic heterocycles. The zero-order valence-corrected chi connectivity index (χ0v) is 11.0. The summed E-state index contributed by atoms with van der Waals surface area (Å²) in [5.74, 6) is 0.614. The maximum absolute atomic E-state index is 11.9. The molecule has 0 spiro atoms. The van der Waals surface area contributed by atoms with Crippen LogP contribution in [0.1, 0.15) is 19.4 Å². The van der Waals surface area contributed by atoms with Crippen molar-refractivity contribution in [3.8, 4) is 5.75 Å². The molecule has 4 nitrogen and oxygen atoms in total. The second-order valence-electron chi connectivity index (χ2n) is 5.43. The van der Waals surface area contributed by atoms with E-state index >= 15 is 0 Å². The van der Waals surface area contributed by atoms with Gasteiger partial charge in [-0.15, -0.1) is 0 Å². The Morgan fingerprint density at radius 2 is 2.00 bits per heavy atom. The van der Waals surface area contributed by atoms with Crippen LogP contribution in [0.4, 0.5) is 0 Å². The first-order valence-electron chi connectivity index (χ1n) is 6.04. The minimum Gasteiger partial charge on any atom is -0.497 e. The van der Waals surface area contributed by atoms with Crippen LogP contribution in [0.2, 0.25) is 0 Å². The minimum atomic E-state index is -0.893. The molecular formula is C14H19NO3. The topological polar surface area (TPSA) is 49.8 Å². The smallest absolute Gasteiger partial charge is 0.252 e. The fraction of sp³-hybridized carbons (Fsp3) is 0.500. The van der Waals surface area contributed by atoms with E-state index in [1.807, 2.05) is 38.1 Å². The Morgan fingerprint density at radius 3 is 2.44 bits per heavy atom. The summed E-state index contributed by atoms with van der Waals surface area (Å²) in [5, 5.41) is 9.84. The van der Waals surface area contributed by atoms with Gasteiger partial charge in [-0.3, -0.25) is 4.79 Å². The Bertz CT molecular complexity index is 439. The van der Waals surface area contributed by atoms with Gasteiger partial charge >= 0.3 is 0 Å². The number of hydrogen-bond donors (Lipinski definition) is 1. The number of carbonyl (C=O) groups excluding carboxylic acids is 1. The van der Waals surface area contributed by atoms with E-state index in [9.17, 15) is 9.90 Å². The average molecular weight is 249 g/mol. The van der Waals surface area contributed by atoms with Crippen LogP contribution in [-0.4, -0.2) is 35.7 Å². The monoisotopic (exact) mass is 249 g/mol. The fourth-order valence-corrected chi connectivity index (χ4v) is 2.25. The van der Waals surface area contributed by atoms with Crippen molar-refractivity contribution < 1.29 is 14.6 Å². The Labute approximate surface area is 107 Å². The third kappa shape index (κ3) is 2.34. The van der Waals surface area contributed by atoms with Crippen molar-refractivity contribution >= 4 is 5.91 Å². The van der Waals surface area contributed by atoms with Crippen LogP contribution in [0.5, 0.6) is 5.75 Å². The molecule has 18 heavy (non-hydrogen) atoms. The normalized spacial score (nSPS) is 22.3. The number of likely N-dealkylation sites (tertiary alicyclic amines) is 1. The number of rotatable bonds is 3. The molecule has 4 heteroatoms. The van der Waals surface area contributed by atoms with Crippen molar-refractivity contribution in [3.63, 3.8) is 0 Å². The highest BCUT2D eigenvalue weighted by molar-refractivity contribution is 5.84. The van der Waals surface area contributed by atoms with Crippen molar-refractivity contribution in [1.82, 2.24) is 4.90 Å². The number of nitrogens with zero attached hydrogens (tertiary/aromatic N) is 1. The van der Waals surface area contributed by atoms with Crippen molar-refractivity contribution in [3.05, 3.63) is 29.8 Å². The van der Waals surface area contributed by atoms with Crippen molar-refractivity contribution in [2.45, 2.75) is 26.5 Å². The van der Waals surface area contributed by atoms with Gasteiger partial charge in [0, 0.05) is 18.5 Å². The first-order chi connectivity index (χ1) is 8.44. The van der Waals surface area contributed by atoms with Crippen molar-refractivity contribution in [1.29, 1.82) is 0 Å². The standard InChI is InChI=1S/C14H19NO3/c1-14(2)9-15(13(17)12(14)16)8-10-4-6-11(18-3)7-5-10/h4-7,12,16H,8-9H2,1-3H3/t12-/m0/s1. The van der Waals surface area contributed by atoms with Crippen molar-refractivity contribution in [2.75, 3.05) is 13.7 Å². The first kappa shape index (κ1) is 12.9. The van der Waals surface area contributed by atoms with E-state index in [2.05, 4.69) is 0 Å². The quantitative estimate of drug-likeness (QED) is 0.881. The highest BCUT2D eigenvalue weighted by Crippen LogP contribution is 2.31. The number of amides is 1. The molecule has 1 atom stereocenters. The summed E-state index contributed by atoms with van der Waals surface area (Å²) in [5.41, 5.74) is 0.665. The lowest BCUT2D eigenvalue weighted by Crippen LogP contribution is -2.30. The van der Waals surface area contributed by atoms with E-state index in [1.165, 1.54) is 0 Å². The summed E-state index contributed by atoms with van der Waals surface area (Å²) in [6.45, 7) is 4.93. The maximum Gasteiger partial charge on any atom is 0.252 e. The Hall–Kier alpha value is -1.55. The Balaban J connectivity index is 2.08. The highest BCUT2D eigenvalue weighted by Gasteiger charge is 2.44. The molecule has 98 valence electrons. The summed E-state index contributed by atoms with van der Waals surface area (Å²) >= 11 is 0. The minimum absolute atomic E-state index is 0.184. The van der Waals surface area contributed by atoms with Crippen LogP contribution in [-0.2, 0) is 11.3 Å². The molecule has 1 fully saturated rings. The van der Waals surface area contributed by atoms with Gasteiger partial charge in [-0.05, 0) is 17.7 Å². The van der Waals surface area contributed by atoms with Gasteiger partial charge in [-0.1, -0.05) is 26.0 Å². The number of methoxy groups -OCH3 is 1. The number of aliphatic hydroxyl groups is 1. The first-order valence-corrected chi connectivity index (χ1v) is 6.04. The van der Waals surface area contributed by atoms with E-state index in [0.29, 0.717) is 13.1 Å². The zero-order valence-electron chi connectivity index (χ0n) is 11.0. The molecule has 1 aromatic rings. The molecule has 1 aliphatic heterocycles. The van der Waals surface area contributed by atoms with Gasteiger partial charge in [0.05, 0.1) is 7.11 Å². The number of benzene rings is 1. The predicted octanol–water partition coefficient (Wildman–Crippen LogP) is 1.42. The van der Waals surface area contributed by atoms with Gasteiger partial charge in [-0.25, -0.2) is 0 Å².